The van der Waals surface area contributed by atoms with Crippen molar-refractivity contribution < 1.29 is 46.7 Å². The maximum atomic E-state index is 13.4. The molecule has 1 aromatic carbocycles. The zero-order valence-electron chi connectivity index (χ0n) is 22.7. The number of nitrogens with zero attached hydrogens (tertiary/aromatic N) is 4. The molecule has 0 radical (unpaired) electrons. The smallest absolute Gasteiger partial charge is 0.385 e. The Hall–Kier alpha value is -3.85. The van der Waals surface area contributed by atoms with E-state index in [1.807, 2.05) is 4.90 Å². The van der Waals surface area contributed by atoms with Crippen molar-refractivity contribution in [2.75, 3.05) is 57.3 Å². The fraction of sp³-hybridized carbons (Fsp3) is 0.556. The first kappa shape index (κ1) is 29.6. The monoisotopic (exact) mass is 593 g/mol. The van der Waals surface area contributed by atoms with Crippen LogP contribution in [0.2, 0.25) is 0 Å². The summed E-state index contributed by atoms with van der Waals surface area (Å²) in [6.07, 6.45) is -3.60. The lowest BCUT2D eigenvalue weighted by molar-refractivity contribution is -0.202. The van der Waals surface area contributed by atoms with Crippen molar-refractivity contribution in [1.82, 2.24) is 20.0 Å². The number of amides is 4. The van der Waals surface area contributed by atoms with Crippen molar-refractivity contribution in [3.05, 3.63) is 29.3 Å². The van der Waals surface area contributed by atoms with Crippen molar-refractivity contribution in [2.24, 2.45) is 5.92 Å². The standard InChI is InChI=1S/C27H30F3N5O7/c28-27(29,30)26(41)42-21(37)15-32-8-6-16(7-9-32)14-33-10-12-34(13-11-33)18-3-1-2-17-22(18)25(40)35(24(17)39)19-4-5-20(36)31-23(19)38/h1-3,16,19H,4-15H2,(H,31,36,38). The molecule has 1 atom stereocenters. The molecular formula is C27H30F3N5O7. The summed E-state index contributed by atoms with van der Waals surface area (Å²) in [5.41, 5.74) is 1.14. The Morgan fingerprint density at radius 3 is 2.24 bits per heavy atom. The van der Waals surface area contributed by atoms with Crippen molar-refractivity contribution >= 4 is 41.3 Å². The third-order valence-electron chi connectivity index (χ3n) is 8.17. The first-order valence-corrected chi connectivity index (χ1v) is 13.8. The average molecular weight is 594 g/mol. The quantitative estimate of drug-likeness (QED) is 0.283. The Balaban J connectivity index is 1.12. The summed E-state index contributed by atoms with van der Waals surface area (Å²) in [7, 11) is 0. The topological polar surface area (TPSA) is 137 Å². The van der Waals surface area contributed by atoms with Crippen LogP contribution in [0.4, 0.5) is 18.9 Å². The summed E-state index contributed by atoms with van der Waals surface area (Å²) < 4.78 is 40.7. The molecule has 1 N–H and O–H groups in total. The van der Waals surface area contributed by atoms with Crippen molar-refractivity contribution in [2.45, 2.75) is 37.9 Å². The summed E-state index contributed by atoms with van der Waals surface area (Å²) in [5, 5.41) is 2.20. The second-order valence-electron chi connectivity index (χ2n) is 10.9. The number of hydrogen-bond donors (Lipinski definition) is 1. The highest BCUT2D eigenvalue weighted by Crippen LogP contribution is 2.34. The number of halogens is 3. The Bertz CT molecular complexity index is 1300. The molecule has 42 heavy (non-hydrogen) atoms. The number of hydrogen-bond acceptors (Lipinski definition) is 10. The number of piperidine rings is 2. The Morgan fingerprint density at radius 2 is 1.60 bits per heavy atom. The van der Waals surface area contributed by atoms with Crippen molar-refractivity contribution in [1.29, 1.82) is 0 Å². The van der Waals surface area contributed by atoms with Gasteiger partial charge in [-0.3, -0.25) is 44.0 Å². The van der Waals surface area contributed by atoms with Crippen LogP contribution >= 0.6 is 0 Å². The van der Waals surface area contributed by atoms with E-state index in [1.54, 1.807) is 23.1 Å². The summed E-state index contributed by atoms with van der Waals surface area (Å²) in [4.78, 5) is 80.0. The molecule has 1 aromatic rings. The highest BCUT2D eigenvalue weighted by Gasteiger charge is 2.46. The van der Waals surface area contributed by atoms with E-state index in [1.165, 1.54) is 0 Å². The summed E-state index contributed by atoms with van der Waals surface area (Å²) in [6.45, 7) is 4.03. The molecule has 4 amide bonds. The van der Waals surface area contributed by atoms with Gasteiger partial charge in [-0.1, -0.05) is 6.07 Å². The van der Waals surface area contributed by atoms with Crippen molar-refractivity contribution in [3.8, 4) is 0 Å². The van der Waals surface area contributed by atoms with E-state index in [2.05, 4.69) is 15.0 Å². The number of imide groups is 2. The molecule has 0 aliphatic carbocycles. The summed E-state index contributed by atoms with van der Waals surface area (Å²) >= 11 is 0. The number of nitrogens with one attached hydrogen (secondary N) is 1. The van der Waals surface area contributed by atoms with E-state index in [-0.39, 0.29) is 30.5 Å². The number of esters is 2. The molecule has 4 aliphatic heterocycles. The van der Waals surface area contributed by atoms with E-state index in [0.29, 0.717) is 50.9 Å². The number of piperazine rings is 1. The summed E-state index contributed by atoms with van der Waals surface area (Å²) in [5.74, 6) is -5.58. The van der Waals surface area contributed by atoms with E-state index >= 15 is 0 Å². The number of ether oxygens (including phenoxy) is 1. The van der Waals surface area contributed by atoms with Gasteiger partial charge >= 0.3 is 18.1 Å². The van der Waals surface area contributed by atoms with Gasteiger partial charge in [0, 0.05) is 39.1 Å². The van der Waals surface area contributed by atoms with Gasteiger partial charge in [0.25, 0.3) is 11.8 Å². The SMILES string of the molecule is O=C1CCC(N2C(=O)c3cccc(N4CCN(CC5CCN(CC(=O)OC(=O)C(F)(F)F)CC5)CC4)c3C2=O)C(=O)N1. The second kappa shape index (κ2) is 11.8. The lowest BCUT2D eigenvalue weighted by Gasteiger charge is -2.39. The van der Waals surface area contributed by atoms with Crippen LogP contribution < -0.4 is 10.2 Å². The van der Waals surface area contributed by atoms with Gasteiger partial charge in [-0.05, 0) is 50.4 Å². The molecule has 4 aliphatic rings. The lowest BCUT2D eigenvalue weighted by Crippen LogP contribution is -2.54. The molecule has 3 saturated heterocycles. The van der Waals surface area contributed by atoms with Gasteiger partial charge in [-0.15, -0.1) is 0 Å². The van der Waals surface area contributed by atoms with Gasteiger partial charge in [-0.25, -0.2) is 4.79 Å². The van der Waals surface area contributed by atoms with Gasteiger partial charge < -0.3 is 9.64 Å². The van der Waals surface area contributed by atoms with Crippen LogP contribution in [0.1, 0.15) is 46.4 Å². The Kier molecular flexibility index (Phi) is 8.32. The fourth-order valence-corrected chi connectivity index (χ4v) is 6.00. The number of anilines is 1. The van der Waals surface area contributed by atoms with Crippen LogP contribution in [-0.2, 0) is 23.9 Å². The van der Waals surface area contributed by atoms with E-state index < -0.39 is 47.8 Å². The van der Waals surface area contributed by atoms with Gasteiger partial charge in [0.1, 0.15) is 6.04 Å². The molecule has 0 saturated carbocycles. The average Bonchev–Trinajstić information content (AvgIpc) is 3.19. The van der Waals surface area contributed by atoms with Crippen LogP contribution in [0.15, 0.2) is 18.2 Å². The predicted octanol–water partition coefficient (Wildman–Crippen LogP) is 0.554. The Labute approximate surface area is 238 Å². The molecule has 0 bridgehead atoms. The van der Waals surface area contributed by atoms with E-state index in [9.17, 15) is 41.9 Å². The van der Waals surface area contributed by atoms with Crippen LogP contribution in [0.25, 0.3) is 0 Å². The fourth-order valence-electron chi connectivity index (χ4n) is 6.00. The molecule has 1 unspecified atom stereocenters. The number of carbonyl (C=O) groups excluding carboxylic acids is 6. The molecular weight excluding hydrogens is 563 g/mol. The normalized spacial score (nSPS) is 22.8. The second-order valence-corrected chi connectivity index (χ2v) is 10.9. The van der Waals surface area contributed by atoms with Crippen molar-refractivity contribution in [3.63, 3.8) is 0 Å². The minimum absolute atomic E-state index is 0.0488. The zero-order chi connectivity index (χ0) is 30.2. The van der Waals surface area contributed by atoms with E-state index in [4.69, 9.17) is 0 Å². The maximum absolute atomic E-state index is 13.4. The minimum atomic E-state index is -5.21. The Morgan fingerprint density at radius 1 is 0.905 bits per heavy atom. The van der Waals surface area contributed by atoms with Gasteiger partial charge in [0.05, 0.1) is 23.4 Å². The van der Waals surface area contributed by atoms with Gasteiger partial charge in [0.15, 0.2) is 0 Å². The first-order chi connectivity index (χ1) is 19.9. The van der Waals surface area contributed by atoms with Crippen LogP contribution in [0.3, 0.4) is 0 Å². The third-order valence-corrected chi connectivity index (χ3v) is 8.17. The molecule has 0 aromatic heterocycles. The zero-order valence-corrected chi connectivity index (χ0v) is 22.7. The molecule has 4 heterocycles. The highest BCUT2D eigenvalue weighted by atomic mass is 19.4. The largest absolute Gasteiger partial charge is 0.491 e. The van der Waals surface area contributed by atoms with Crippen LogP contribution in [0, 0.1) is 5.92 Å². The number of carbonyl (C=O) groups is 6. The lowest BCUT2D eigenvalue weighted by atomic mass is 9.96. The minimum Gasteiger partial charge on any atom is -0.385 e. The first-order valence-electron chi connectivity index (χ1n) is 13.8. The van der Waals surface area contributed by atoms with Crippen LogP contribution in [0.5, 0.6) is 0 Å². The third kappa shape index (κ3) is 6.16. The summed E-state index contributed by atoms with van der Waals surface area (Å²) in [6, 6.07) is 4.04. The van der Waals surface area contributed by atoms with Gasteiger partial charge in [-0.2, -0.15) is 13.2 Å². The molecule has 15 heteroatoms. The van der Waals surface area contributed by atoms with Gasteiger partial charge in [0.2, 0.25) is 11.8 Å². The molecule has 0 spiro atoms. The molecule has 3 fully saturated rings. The number of rotatable bonds is 6. The molecule has 226 valence electrons. The number of alkyl halides is 3. The van der Waals surface area contributed by atoms with E-state index in [0.717, 1.165) is 24.3 Å². The number of likely N-dealkylation sites (tertiary alicyclic amines) is 1. The predicted molar refractivity (Wildman–Crippen MR) is 138 cm³/mol. The maximum Gasteiger partial charge on any atom is 0.491 e. The molecule has 12 nitrogen and oxygen atoms in total. The highest BCUT2D eigenvalue weighted by molar-refractivity contribution is 6.25. The van der Waals surface area contributed by atoms with Crippen LogP contribution in [-0.4, -0.2) is 115 Å². The number of benzene rings is 1. The molecule has 5 rings (SSSR count). The number of fused-ring (bicyclic) bond motifs is 1.